The van der Waals surface area contributed by atoms with Crippen LogP contribution in [0, 0.1) is 5.92 Å². The van der Waals surface area contributed by atoms with Crippen LogP contribution in [-0.4, -0.2) is 16.5 Å². The quantitative estimate of drug-likeness (QED) is 0.751. The molecule has 0 spiro atoms. The smallest absolute Gasteiger partial charge is 0.144 e. The fourth-order valence-corrected chi connectivity index (χ4v) is 1.26. The van der Waals surface area contributed by atoms with E-state index in [2.05, 4.69) is 29.1 Å². The lowest BCUT2D eigenvalue weighted by Gasteiger charge is -2.13. The SMILES string of the molecule is CCC(CC)CNc1cnc(N)cn1. The predicted molar refractivity (Wildman–Crippen MR) is 59.0 cm³/mol. The summed E-state index contributed by atoms with van der Waals surface area (Å²) in [4.78, 5) is 8.08. The van der Waals surface area contributed by atoms with Gasteiger partial charge in [-0.05, 0) is 5.92 Å². The standard InChI is InChI=1S/C10H18N4/c1-3-8(4-2)5-13-10-7-12-9(11)6-14-10/h6-8H,3-5H2,1-2H3,(H2,11,12)(H,13,14). The maximum absolute atomic E-state index is 5.43. The second-order valence-corrected chi connectivity index (χ2v) is 3.39. The molecule has 0 aliphatic carbocycles. The molecule has 3 N–H and O–H groups in total. The molecule has 1 heterocycles. The average Bonchev–Trinajstić information content (AvgIpc) is 2.22. The molecule has 0 fully saturated rings. The van der Waals surface area contributed by atoms with Crippen molar-refractivity contribution in [1.82, 2.24) is 9.97 Å². The molecule has 0 unspecified atom stereocenters. The maximum Gasteiger partial charge on any atom is 0.144 e. The highest BCUT2D eigenvalue weighted by atomic mass is 15.0. The van der Waals surface area contributed by atoms with Crippen LogP contribution in [0.3, 0.4) is 0 Å². The van der Waals surface area contributed by atoms with Crippen LogP contribution >= 0.6 is 0 Å². The van der Waals surface area contributed by atoms with Crippen LogP contribution in [0.25, 0.3) is 0 Å². The molecule has 14 heavy (non-hydrogen) atoms. The summed E-state index contributed by atoms with van der Waals surface area (Å²) < 4.78 is 0. The molecule has 0 saturated heterocycles. The maximum atomic E-state index is 5.43. The van der Waals surface area contributed by atoms with Gasteiger partial charge in [-0.1, -0.05) is 26.7 Å². The zero-order valence-electron chi connectivity index (χ0n) is 8.83. The molecule has 0 atom stereocenters. The molecule has 0 aliphatic rings. The van der Waals surface area contributed by atoms with Crippen molar-refractivity contribution in [1.29, 1.82) is 0 Å². The van der Waals surface area contributed by atoms with E-state index in [0.29, 0.717) is 11.7 Å². The van der Waals surface area contributed by atoms with Gasteiger partial charge in [0.1, 0.15) is 11.6 Å². The van der Waals surface area contributed by atoms with Gasteiger partial charge < -0.3 is 11.1 Å². The normalized spacial score (nSPS) is 10.5. The molecule has 78 valence electrons. The Kier molecular flexibility index (Phi) is 4.16. The van der Waals surface area contributed by atoms with Crippen molar-refractivity contribution < 1.29 is 0 Å². The molecule has 4 heteroatoms. The molecule has 0 radical (unpaired) electrons. The predicted octanol–water partition coefficient (Wildman–Crippen LogP) is 1.91. The lowest BCUT2D eigenvalue weighted by atomic mass is 10.0. The van der Waals surface area contributed by atoms with E-state index in [-0.39, 0.29) is 0 Å². The number of nitrogens with zero attached hydrogens (tertiary/aromatic N) is 2. The van der Waals surface area contributed by atoms with Crippen LogP contribution in [-0.2, 0) is 0 Å². The molecule has 0 bridgehead atoms. The number of hydrogen-bond donors (Lipinski definition) is 2. The molecule has 0 saturated carbocycles. The highest BCUT2D eigenvalue weighted by molar-refractivity contribution is 5.35. The third-order valence-corrected chi connectivity index (χ3v) is 2.40. The van der Waals surface area contributed by atoms with Gasteiger partial charge in [0.2, 0.25) is 0 Å². The van der Waals surface area contributed by atoms with Crippen molar-refractivity contribution in [2.24, 2.45) is 5.92 Å². The van der Waals surface area contributed by atoms with Gasteiger partial charge in [-0.3, -0.25) is 0 Å². The molecule has 4 nitrogen and oxygen atoms in total. The number of aromatic nitrogens is 2. The summed E-state index contributed by atoms with van der Waals surface area (Å²) in [6, 6.07) is 0. The van der Waals surface area contributed by atoms with Crippen LogP contribution < -0.4 is 11.1 Å². The first-order chi connectivity index (χ1) is 6.76. The second-order valence-electron chi connectivity index (χ2n) is 3.39. The Hall–Kier alpha value is -1.32. The van der Waals surface area contributed by atoms with Gasteiger partial charge >= 0.3 is 0 Å². The Morgan fingerprint density at radius 1 is 1.29 bits per heavy atom. The fourth-order valence-electron chi connectivity index (χ4n) is 1.26. The summed E-state index contributed by atoms with van der Waals surface area (Å²) in [7, 11) is 0. The highest BCUT2D eigenvalue weighted by Gasteiger charge is 2.03. The largest absolute Gasteiger partial charge is 0.382 e. The summed E-state index contributed by atoms with van der Waals surface area (Å²) in [5, 5.41) is 3.24. The van der Waals surface area contributed by atoms with Crippen LogP contribution in [0.2, 0.25) is 0 Å². The monoisotopic (exact) mass is 194 g/mol. The third kappa shape index (κ3) is 3.20. The Labute approximate surface area is 85.0 Å². The minimum atomic E-state index is 0.457. The van der Waals surface area contributed by atoms with E-state index in [9.17, 15) is 0 Å². The average molecular weight is 194 g/mol. The summed E-state index contributed by atoms with van der Waals surface area (Å²) in [6.07, 6.45) is 5.60. The Bertz CT molecular complexity index is 253. The summed E-state index contributed by atoms with van der Waals surface area (Å²) in [5.41, 5.74) is 5.43. The topological polar surface area (TPSA) is 63.8 Å². The molecule has 0 aromatic carbocycles. The van der Waals surface area contributed by atoms with Crippen molar-refractivity contribution >= 4 is 11.6 Å². The zero-order valence-corrected chi connectivity index (χ0v) is 8.83. The number of nitrogens with two attached hydrogens (primary N) is 1. The molecule has 0 aliphatic heterocycles. The zero-order chi connectivity index (χ0) is 10.4. The van der Waals surface area contributed by atoms with E-state index in [1.54, 1.807) is 12.4 Å². The van der Waals surface area contributed by atoms with Crippen molar-refractivity contribution in [3.8, 4) is 0 Å². The highest BCUT2D eigenvalue weighted by Crippen LogP contribution is 2.09. The van der Waals surface area contributed by atoms with Gasteiger partial charge in [0, 0.05) is 6.54 Å². The van der Waals surface area contributed by atoms with E-state index in [0.717, 1.165) is 12.4 Å². The van der Waals surface area contributed by atoms with E-state index < -0.39 is 0 Å². The number of hydrogen-bond acceptors (Lipinski definition) is 4. The van der Waals surface area contributed by atoms with Gasteiger partial charge in [0.25, 0.3) is 0 Å². The van der Waals surface area contributed by atoms with E-state index in [1.165, 1.54) is 12.8 Å². The Morgan fingerprint density at radius 3 is 2.50 bits per heavy atom. The summed E-state index contributed by atoms with van der Waals surface area (Å²) >= 11 is 0. The molecular formula is C10H18N4. The minimum Gasteiger partial charge on any atom is -0.382 e. The first-order valence-corrected chi connectivity index (χ1v) is 5.07. The lowest BCUT2D eigenvalue weighted by Crippen LogP contribution is -2.13. The molecule has 0 amide bonds. The minimum absolute atomic E-state index is 0.457. The van der Waals surface area contributed by atoms with Crippen LogP contribution in [0.1, 0.15) is 26.7 Å². The van der Waals surface area contributed by atoms with Crippen LogP contribution in [0.15, 0.2) is 12.4 Å². The lowest BCUT2D eigenvalue weighted by molar-refractivity contribution is 0.518. The van der Waals surface area contributed by atoms with Gasteiger partial charge in [0.15, 0.2) is 0 Å². The van der Waals surface area contributed by atoms with Gasteiger partial charge in [-0.15, -0.1) is 0 Å². The van der Waals surface area contributed by atoms with Gasteiger partial charge in [-0.2, -0.15) is 0 Å². The van der Waals surface area contributed by atoms with Crippen molar-refractivity contribution in [3.63, 3.8) is 0 Å². The Balaban J connectivity index is 2.41. The van der Waals surface area contributed by atoms with Gasteiger partial charge in [-0.25, -0.2) is 9.97 Å². The first kappa shape index (κ1) is 10.8. The number of anilines is 2. The first-order valence-electron chi connectivity index (χ1n) is 5.07. The van der Waals surface area contributed by atoms with E-state index >= 15 is 0 Å². The third-order valence-electron chi connectivity index (χ3n) is 2.40. The van der Waals surface area contributed by atoms with Crippen LogP contribution in [0.5, 0.6) is 0 Å². The van der Waals surface area contributed by atoms with Gasteiger partial charge in [0.05, 0.1) is 12.4 Å². The van der Waals surface area contributed by atoms with Crippen LogP contribution in [0.4, 0.5) is 11.6 Å². The molecule has 1 rings (SSSR count). The van der Waals surface area contributed by atoms with E-state index in [1.807, 2.05) is 0 Å². The fraction of sp³-hybridized carbons (Fsp3) is 0.600. The summed E-state index contributed by atoms with van der Waals surface area (Å²) in [6.45, 7) is 5.35. The molecular weight excluding hydrogens is 176 g/mol. The Morgan fingerprint density at radius 2 is 2.00 bits per heavy atom. The van der Waals surface area contributed by atoms with E-state index in [4.69, 9.17) is 5.73 Å². The second kappa shape index (κ2) is 5.42. The van der Waals surface area contributed by atoms with Crippen molar-refractivity contribution in [2.45, 2.75) is 26.7 Å². The number of rotatable bonds is 5. The number of nitrogens with one attached hydrogen (secondary N) is 1. The summed E-state index contributed by atoms with van der Waals surface area (Å²) in [5.74, 6) is 1.96. The molecule has 1 aromatic rings. The van der Waals surface area contributed by atoms with Crippen molar-refractivity contribution in [3.05, 3.63) is 12.4 Å². The number of nitrogen functional groups attached to an aromatic ring is 1. The molecule has 1 aromatic heterocycles. The van der Waals surface area contributed by atoms with Crippen molar-refractivity contribution in [2.75, 3.05) is 17.6 Å².